The lowest BCUT2D eigenvalue weighted by atomic mass is 10.3. The molecule has 0 aliphatic rings. The molecule has 6 nitrogen and oxygen atoms in total. The minimum absolute atomic E-state index is 0.0440. The lowest BCUT2D eigenvalue weighted by Gasteiger charge is -1.99. The van der Waals surface area contributed by atoms with Gasteiger partial charge in [-0.2, -0.15) is 0 Å². The van der Waals surface area contributed by atoms with Gasteiger partial charge in [-0.15, -0.1) is 0 Å². The number of ether oxygens (including phenoxy) is 1. The molecule has 0 aromatic carbocycles. The van der Waals surface area contributed by atoms with Gasteiger partial charge in [0.15, 0.2) is 18.6 Å². The van der Waals surface area contributed by atoms with E-state index in [2.05, 4.69) is 15.1 Å². The summed E-state index contributed by atoms with van der Waals surface area (Å²) in [5.41, 5.74) is 0.878. The summed E-state index contributed by atoms with van der Waals surface area (Å²) in [6.07, 6.45) is 6.98. The fourth-order valence-corrected chi connectivity index (χ4v) is 1.42. The van der Waals surface area contributed by atoms with E-state index in [4.69, 9.17) is 9.84 Å². The van der Waals surface area contributed by atoms with E-state index in [0.717, 1.165) is 5.56 Å². The number of rotatable bonds is 6. The molecule has 6 heteroatoms. The second kappa shape index (κ2) is 6.73. The Kier molecular flexibility index (Phi) is 4.68. The molecule has 0 bridgehead atoms. The molecule has 0 radical (unpaired) electrons. The van der Waals surface area contributed by atoms with Crippen molar-refractivity contribution in [1.82, 2.24) is 15.1 Å². The van der Waals surface area contributed by atoms with Gasteiger partial charge in [0.05, 0.1) is 13.2 Å². The van der Waals surface area contributed by atoms with Crippen LogP contribution < -0.4 is 4.68 Å². The van der Waals surface area contributed by atoms with Crippen LogP contribution in [0, 0.1) is 0 Å². The highest BCUT2D eigenvalue weighted by Gasteiger charge is 2.05. The van der Waals surface area contributed by atoms with Crippen LogP contribution in [0.4, 0.5) is 0 Å². The first-order chi connectivity index (χ1) is 8.90. The van der Waals surface area contributed by atoms with Gasteiger partial charge < -0.3 is 9.84 Å². The van der Waals surface area contributed by atoms with E-state index in [1.165, 1.54) is 0 Å². The zero-order chi connectivity index (χ0) is 12.6. The summed E-state index contributed by atoms with van der Waals surface area (Å²) in [7, 11) is 0. The lowest BCUT2D eigenvalue weighted by molar-refractivity contribution is -0.754. The van der Waals surface area contributed by atoms with Crippen molar-refractivity contribution in [2.45, 2.75) is 6.54 Å². The van der Waals surface area contributed by atoms with Gasteiger partial charge in [-0.05, 0) is 11.2 Å². The Hall–Kier alpha value is -1.92. The highest BCUT2D eigenvalue weighted by Crippen LogP contribution is 2.08. The summed E-state index contributed by atoms with van der Waals surface area (Å²) in [6.45, 7) is 1.58. The summed E-state index contributed by atoms with van der Waals surface area (Å²) >= 11 is 0. The Balaban J connectivity index is 1.94. The van der Waals surface area contributed by atoms with E-state index < -0.39 is 0 Å². The van der Waals surface area contributed by atoms with Crippen LogP contribution in [0.1, 0.15) is 0 Å². The third-order valence-corrected chi connectivity index (χ3v) is 2.30. The first kappa shape index (κ1) is 12.5. The van der Waals surface area contributed by atoms with Crippen molar-refractivity contribution in [2.75, 3.05) is 19.8 Å². The maximum Gasteiger partial charge on any atom is 0.197 e. The zero-order valence-corrected chi connectivity index (χ0v) is 9.94. The maximum absolute atomic E-state index is 8.56. The minimum Gasteiger partial charge on any atom is -0.394 e. The number of nitrogens with zero attached hydrogens (tertiary/aromatic N) is 4. The molecule has 94 valence electrons. The number of hydrogen-bond acceptors (Lipinski definition) is 5. The second-order valence-electron chi connectivity index (χ2n) is 3.59. The SMILES string of the molecule is OCCOCC[n+]1ccc(-c2ncccn2)cn1. The predicted molar refractivity (Wildman–Crippen MR) is 63.4 cm³/mol. The average Bonchev–Trinajstić information content (AvgIpc) is 2.45. The van der Waals surface area contributed by atoms with Crippen LogP contribution in [-0.4, -0.2) is 40.0 Å². The average molecular weight is 247 g/mol. The smallest absolute Gasteiger partial charge is 0.197 e. The fraction of sp³-hybridized carbons (Fsp3) is 0.333. The Bertz CT molecular complexity index is 461. The van der Waals surface area contributed by atoms with Gasteiger partial charge in [0.2, 0.25) is 0 Å². The fourth-order valence-electron chi connectivity index (χ4n) is 1.42. The van der Waals surface area contributed by atoms with E-state index in [-0.39, 0.29) is 6.61 Å². The van der Waals surface area contributed by atoms with Gasteiger partial charge in [0, 0.05) is 24.0 Å². The van der Waals surface area contributed by atoms with Crippen molar-refractivity contribution in [3.63, 3.8) is 0 Å². The Morgan fingerprint density at radius 1 is 1.22 bits per heavy atom. The second-order valence-corrected chi connectivity index (χ2v) is 3.59. The molecule has 2 aromatic heterocycles. The molecule has 0 amide bonds. The van der Waals surface area contributed by atoms with Crippen molar-refractivity contribution >= 4 is 0 Å². The molecule has 2 aromatic rings. The third-order valence-electron chi connectivity index (χ3n) is 2.30. The molecule has 0 saturated heterocycles. The van der Waals surface area contributed by atoms with Crippen molar-refractivity contribution < 1.29 is 14.5 Å². The zero-order valence-electron chi connectivity index (χ0n) is 9.94. The Morgan fingerprint density at radius 2 is 2.06 bits per heavy atom. The highest BCUT2D eigenvalue weighted by atomic mass is 16.5. The third kappa shape index (κ3) is 3.54. The normalized spacial score (nSPS) is 10.5. The molecule has 0 aliphatic heterocycles. The topological polar surface area (TPSA) is 72.0 Å². The molecule has 0 spiro atoms. The molecule has 0 unspecified atom stereocenters. The van der Waals surface area contributed by atoms with Gasteiger partial charge in [-0.1, -0.05) is 4.68 Å². The Labute approximate surface area is 105 Å². The first-order valence-corrected chi connectivity index (χ1v) is 5.72. The molecule has 0 fully saturated rings. The van der Waals surface area contributed by atoms with Crippen LogP contribution in [0.15, 0.2) is 36.9 Å². The van der Waals surface area contributed by atoms with Crippen molar-refractivity contribution in [3.8, 4) is 11.4 Å². The quantitative estimate of drug-likeness (QED) is 0.567. The number of aromatic nitrogens is 4. The standard InChI is InChI=1S/C12H15N4O2/c17-7-9-18-8-6-16-5-2-11(10-15-16)12-13-3-1-4-14-12/h1-5,10,17H,6-9H2/q+1. The van der Waals surface area contributed by atoms with Crippen LogP contribution >= 0.6 is 0 Å². The van der Waals surface area contributed by atoms with Crippen LogP contribution in [-0.2, 0) is 11.3 Å². The van der Waals surface area contributed by atoms with Gasteiger partial charge in [0.25, 0.3) is 0 Å². The largest absolute Gasteiger partial charge is 0.394 e. The van der Waals surface area contributed by atoms with Gasteiger partial charge in [-0.25, -0.2) is 9.97 Å². The van der Waals surface area contributed by atoms with Crippen LogP contribution in [0.2, 0.25) is 0 Å². The summed E-state index contributed by atoms with van der Waals surface area (Å²) in [5, 5.41) is 12.8. The Morgan fingerprint density at radius 3 is 2.72 bits per heavy atom. The lowest BCUT2D eigenvalue weighted by Crippen LogP contribution is -2.39. The van der Waals surface area contributed by atoms with E-state index in [1.807, 2.05) is 12.3 Å². The van der Waals surface area contributed by atoms with E-state index in [1.54, 1.807) is 29.3 Å². The van der Waals surface area contributed by atoms with Crippen molar-refractivity contribution in [1.29, 1.82) is 0 Å². The van der Waals surface area contributed by atoms with Gasteiger partial charge in [0.1, 0.15) is 12.8 Å². The number of aliphatic hydroxyl groups is 1. The molecular formula is C12H15N4O2+. The number of aliphatic hydroxyl groups excluding tert-OH is 1. The van der Waals surface area contributed by atoms with E-state index in [9.17, 15) is 0 Å². The van der Waals surface area contributed by atoms with Crippen LogP contribution in [0.3, 0.4) is 0 Å². The first-order valence-electron chi connectivity index (χ1n) is 5.72. The summed E-state index contributed by atoms with van der Waals surface area (Å²) in [6, 6.07) is 3.69. The predicted octanol–water partition coefficient (Wildman–Crippen LogP) is -0.165. The van der Waals surface area contributed by atoms with Crippen molar-refractivity contribution in [2.24, 2.45) is 0 Å². The van der Waals surface area contributed by atoms with Crippen LogP contribution in [0.5, 0.6) is 0 Å². The molecule has 1 N–H and O–H groups in total. The monoisotopic (exact) mass is 247 g/mol. The molecule has 2 rings (SSSR count). The van der Waals surface area contributed by atoms with E-state index in [0.29, 0.717) is 25.6 Å². The van der Waals surface area contributed by atoms with Crippen LogP contribution in [0.25, 0.3) is 11.4 Å². The highest BCUT2D eigenvalue weighted by molar-refractivity contribution is 5.51. The number of hydrogen-bond donors (Lipinski definition) is 1. The molecule has 0 atom stereocenters. The molecule has 2 heterocycles. The summed E-state index contributed by atoms with van der Waals surface area (Å²) in [4.78, 5) is 8.30. The minimum atomic E-state index is 0.0440. The summed E-state index contributed by atoms with van der Waals surface area (Å²) in [5.74, 6) is 0.661. The summed E-state index contributed by atoms with van der Waals surface area (Å²) < 4.78 is 6.93. The van der Waals surface area contributed by atoms with Crippen molar-refractivity contribution in [3.05, 3.63) is 36.9 Å². The molecule has 18 heavy (non-hydrogen) atoms. The molecule has 0 saturated carbocycles. The molecular weight excluding hydrogens is 232 g/mol. The van der Waals surface area contributed by atoms with E-state index >= 15 is 0 Å². The maximum atomic E-state index is 8.56. The van der Waals surface area contributed by atoms with Gasteiger partial charge in [-0.3, -0.25) is 0 Å². The van der Waals surface area contributed by atoms with Gasteiger partial charge >= 0.3 is 0 Å². The molecule has 0 aliphatic carbocycles.